The van der Waals surface area contributed by atoms with Crippen molar-refractivity contribution in [2.75, 3.05) is 18.6 Å². The molecule has 29 heavy (non-hydrogen) atoms. The van der Waals surface area contributed by atoms with E-state index in [-0.39, 0.29) is 10.7 Å². The van der Waals surface area contributed by atoms with Crippen molar-refractivity contribution in [1.82, 2.24) is 5.32 Å². The monoisotopic (exact) mass is 428 g/mol. The summed E-state index contributed by atoms with van der Waals surface area (Å²) in [7, 11) is 1.51. The highest BCUT2D eigenvalue weighted by Crippen LogP contribution is 2.30. The number of halogens is 1. The second-order valence-electron chi connectivity index (χ2n) is 5.94. The molecular weight excluding hydrogens is 412 g/mol. The van der Waals surface area contributed by atoms with E-state index < -0.39 is 11.8 Å². The normalized spacial score (nSPS) is 15.3. The molecule has 1 heterocycles. The van der Waals surface area contributed by atoms with Gasteiger partial charge in [-0.2, -0.15) is 0 Å². The van der Waals surface area contributed by atoms with Crippen molar-refractivity contribution in [3.63, 3.8) is 0 Å². The molecule has 0 atom stereocenters. The molecule has 0 aliphatic carbocycles. The molecule has 1 aliphatic rings. The smallest absolute Gasteiger partial charge is 0.270 e. The number of hydrogen-bond acceptors (Lipinski definition) is 5. The summed E-state index contributed by atoms with van der Waals surface area (Å²) in [4.78, 5) is 26.7. The van der Waals surface area contributed by atoms with E-state index in [2.05, 4.69) is 11.9 Å². The van der Waals surface area contributed by atoms with Crippen LogP contribution in [0.4, 0.5) is 5.69 Å². The van der Waals surface area contributed by atoms with Crippen LogP contribution >= 0.6 is 23.8 Å². The highest BCUT2D eigenvalue weighted by atomic mass is 35.5. The van der Waals surface area contributed by atoms with Gasteiger partial charge in [0, 0.05) is 5.02 Å². The lowest BCUT2D eigenvalue weighted by atomic mass is 10.1. The van der Waals surface area contributed by atoms with E-state index in [0.717, 1.165) is 0 Å². The Labute approximate surface area is 178 Å². The van der Waals surface area contributed by atoms with Gasteiger partial charge >= 0.3 is 0 Å². The number of amides is 2. The maximum absolute atomic E-state index is 13.0. The minimum Gasteiger partial charge on any atom is -0.493 e. The van der Waals surface area contributed by atoms with Gasteiger partial charge < -0.3 is 9.47 Å². The third-order valence-corrected chi connectivity index (χ3v) is 4.58. The number of nitrogens with zero attached hydrogens (tertiary/aromatic N) is 1. The van der Waals surface area contributed by atoms with Crippen molar-refractivity contribution in [3.05, 3.63) is 71.3 Å². The third kappa shape index (κ3) is 4.47. The second-order valence-corrected chi connectivity index (χ2v) is 6.77. The van der Waals surface area contributed by atoms with Crippen molar-refractivity contribution in [2.24, 2.45) is 0 Å². The molecule has 3 rings (SSSR count). The fourth-order valence-corrected chi connectivity index (χ4v) is 3.10. The summed E-state index contributed by atoms with van der Waals surface area (Å²) >= 11 is 11.1. The Morgan fingerprint density at radius 1 is 1.17 bits per heavy atom. The van der Waals surface area contributed by atoms with Crippen LogP contribution in [0.2, 0.25) is 5.02 Å². The fourth-order valence-electron chi connectivity index (χ4n) is 2.69. The number of carbonyl (C=O) groups is 2. The van der Waals surface area contributed by atoms with E-state index >= 15 is 0 Å². The number of hydrogen-bond donors (Lipinski definition) is 1. The molecule has 0 aromatic heterocycles. The van der Waals surface area contributed by atoms with Gasteiger partial charge in [0.2, 0.25) is 0 Å². The molecule has 2 aromatic rings. The molecule has 0 unspecified atom stereocenters. The van der Waals surface area contributed by atoms with Gasteiger partial charge in [-0.15, -0.1) is 0 Å². The number of thiocarbonyl (C=S) groups is 1. The van der Waals surface area contributed by atoms with Gasteiger partial charge in [-0.25, -0.2) is 0 Å². The Morgan fingerprint density at radius 2 is 1.90 bits per heavy atom. The lowest BCUT2D eigenvalue weighted by Crippen LogP contribution is -2.54. The molecule has 1 aliphatic heterocycles. The average molecular weight is 429 g/mol. The predicted molar refractivity (Wildman–Crippen MR) is 116 cm³/mol. The van der Waals surface area contributed by atoms with Gasteiger partial charge in [0.05, 0.1) is 12.8 Å². The molecule has 6 nitrogen and oxygen atoms in total. The first-order chi connectivity index (χ1) is 13.9. The molecule has 8 heteroatoms. The topological polar surface area (TPSA) is 67.9 Å². The summed E-state index contributed by atoms with van der Waals surface area (Å²) in [6.45, 7) is 3.93. The number of carbonyl (C=O) groups excluding carboxylic acids is 2. The van der Waals surface area contributed by atoms with Crippen LogP contribution in [0.1, 0.15) is 5.56 Å². The molecular formula is C21H17ClN2O4S. The molecule has 0 bridgehead atoms. The number of anilines is 1. The first-order valence-electron chi connectivity index (χ1n) is 8.53. The zero-order valence-electron chi connectivity index (χ0n) is 15.5. The molecule has 1 saturated heterocycles. The lowest BCUT2D eigenvalue weighted by molar-refractivity contribution is -0.122. The van der Waals surface area contributed by atoms with Gasteiger partial charge in [0.15, 0.2) is 16.6 Å². The van der Waals surface area contributed by atoms with Crippen LogP contribution in [0.5, 0.6) is 11.5 Å². The van der Waals surface area contributed by atoms with Crippen LogP contribution in [0, 0.1) is 0 Å². The van der Waals surface area contributed by atoms with E-state index in [1.807, 2.05) is 0 Å². The summed E-state index contributed by atoms with van der Waals surface area (Å²) in [5.41, 5.74) is 1.03. The van der Waals surface area contributed by atoms with Crippen molar-refractivity contribution < 1.29 is 19.1 Å². The summed E-state index contributed by atoms with van der Waals surface area (Å²) in [5, 5.41) is 3.07. The van der Waals surface area contributed by atoms with Crippen LogP contribution in [-0.4, -0.2) is 30.6 Å². The molecule has 1 fully saturated rings. The molecule has 0 radical (unpaired) electrons. The highest BCUT2D eigenvalue weighted by Gasteiger charge is 2.34. The van der Waals surface area contributed by atoms with Crippen LogP contribution in [-0.2, 0) is 9.59 Å². The van der Waals surface area contributed by atoms with Crippen molar-refractivity contribution >= 4 is 52.5 Å². The first kappa shape index (κ1) is 20.6. The van der Waals surface area contributed by atoms with Crippen molar-refractivity contribution in [3.8, 4) is 11.5 Å². The lowest BCUT2D eigenvalue weighted by Gasteiger charge is -2.29. The highest BCUT2D eigenvalue weighted by molar-refractivity contribution is 7.80. The van der Waals surface area contributed by atoms with Gasteiger partial charge in [-0.3, -0.25) is 19.8 Å². The van der Waals surface area contributed by atoms with Gasteiger partial charge in [-0.1, -0.05) is 30.3 Å². The van der Waals surface area contributed by atoms with Crippen LogP contribution < -0.4 is 19.7 Å². The molecule has 0 saturated carbocycles. The molecule has 2 amide bonds. The van der Waals surface area contributed by atoms with Crippen molar-refractivity contribution in [1.29, 1.82) is 0 Å². The minimum atomic E-state index is -0.573. The molecule has 1 N–H and O–H groups in total. The zero-order valence-corrected chi connectivity index (χ0v) is 17.0. The SMILES string of the molecule is C=CCOc1ccc(/C=C2\C(=O)NC(=S)N(c3ccc(Cl)cc3)C2=O)cc1OC. The largest absolute Gasteiger partial charge is 0.493 e. The second kappa shape index (κ2) is 8.89. The molecule has 148 valence electrons. The van der Waals surface area contributed by atoms with Crippen LogP contribution in [0.3, 0.4) is 0 Å². The Hall–Kier alpha value is -3.16. The Balaban J connectivity index is 1.96. The number of ether oxygens (including phenoxy) is 2. The molecule has 2 aromatic carbocycles. The van der Waals surface area contributed by atoms with E-state index in [0.29, 0.717) is 34.4 Å². The van der Waals surface area contributed by atoms with E-state index in [4.69, 9.17) is 33.3 Å². The maximum atomic E-state index is 13.0. The number of nitrogens with one attached hydrogen (secondary N) is 1. The van der Waals surface area contributed by atoms with Crippen molar-refractivity contribution in [2.45, 2.75) is 0 Å². The van der Waals surface area contributed by atoms with Gasteiger partial charge in [-0.05, 0) is 60.3 Å². The van der Waals surface area contributed by atoms with E-state index in [1.54, 1.807) is 48.5 Å². The van der Waals surface area contributed by atoms with E-state index in [9.17, 15) is 9.59 Å². The standard InChI is InChI=1S/C21H17ClN2O4S/c1-3-10-28-17-9-4-13(12-18(17)27-2)11-16-19(25)23-21(29)24(20(16)26)15-7-5-14(22)6-8-15/h3-9,11-12H,1,10H2,2H3,(H,23,25,29)/b16-11+. The first-order valence-corrected chi connectivity index (χ1v) is 9.32. The summed E-state index contributed by atoms with van der Waals surface area (Å²) in [6.07, 6.45) is 3.09. The Kier molecular flexibility index (Phi) is 6.31. The van der Waals surface area contributed by atoms with E-state index in [1.165, 1.54) is 18.1 Å². The quantitative estimate of drug-likeness (QED) is 0.328. The maximum Gasteiger partial charge on any atom is 0.270 e. The average Bonchev–Trinajstić information content (AvgIpc) is 2.71. The number of methoxy groups -OCH3 is 1. The number of rotatable bonds is 6. The number of benzene rings is 2. The predicted octanol–water partition coefficient (Wildman–Crippen LogP) is 3.74. The van der Waals surface area contributed by atoms with Gasteiger partial charge in [0.25, 0.3) is 11.8 Å². The Morgan fingerprint density at radius 3 is 2.55 bits per heavy atom. The summed E-state index contributed by atoms with van der Waals surface area (Å²) < 4.78 is 10.8. The van der Waals surface area contributed by atoms with Crippen LogP contribution in [0.15, 0.2) is 60.7 Å². The Bertz CT molecular complexity index is 1020. The molecule has 0 spiro atoms. The zero-order chi connectivity index (χ0) is 21.0. The van der Waals surface area contributed by atoms with Gasteiger partial charge in [0.1, 0.15) is 12.2 Å². The third-order valence-electron chi connectivity index (χ3n) is 4.04. The van der Waals surface area contributed by atoms with Crippen LogP contribution in [0.25, 0.3) is 6.08 Å². The minimum absolute atomic E-state index is 0.00484. The fraction of sp³-hybridized carbons (Fsp3) is 0.0952. The summed E-state index contributed by atoms with van der Waals surface area (Å²) in [5.74, 6) is -0.115. The summed E-state index contributed by atoms with van der Waals surface area (Å²) in [6, 6.07) is 11.7.